The van der Waals surface area contributed by atoms with Crippen molar-refractivity contribution in [3.8, 4) is 5.75 Å². The lowest BCUT2D eigenvalue weighted by Crippen LogP contribution is -2.40. The fourth-order valence-electron chi connectivity index (χ4n) is 3.60. The Morgan fingerprint density at radius 1 is 1.30 bits per heavy atom. The third-order valence-electron chi connectivity index (χ3n) is 5.27. The lowest BCUT2D eigenvalue weighted by atomic mass is 10.1. The first kappa shape index (κ1) is 17.8. The van der Waals surface area contributed by atoms with Crippen LogP contribution in [0.5, 0.6) is 5.75 Å². The molecule has 2 aliphatic rings. The van der Waals surface area contributed by atoms with Crippen LogP contribution in [0.15, 0.2) is 24.5 Å². The van der Waals surface area contributed by atoms with Crippen molar-refractivity contribution in [1.82, 2.24) is 14.9 Å². The highest BCUT2D eigenvalue weighted by Crippen LogP contribution is 2.52. The summed E-state index contributed by atoms with van der Waals surface area (Å²) in [4.78, 5) is 22.7. The lowest BCUT2D eigenvalue weighted by Gasteiger charge is -2.22. The molecule has 1 aliphatic heterocycles. The number of rotatable bonds is 4. The maximum absolute atomic E-state index is 12.7. The van der Waals surface area contributed by atoms with Gasteiger partial charge in [-0.2, -0.15) is 0 Å². The zero-order valence-electron chi connectivity index (χ0n) is 14.7. The van der Waals surface area contributed by atoms with E-state index in [1.54, 1.807) is 6.92 Å². The van der Waals surface area contributed by atoms with E-state index in [-0.39, 0.29) is 11.7 Å². The van der Waals surface area contributed by atoms with Gasteiger partial charge in [-0.3, -0.25) is 4.79 Å². The standard InChI is InChI=1S/C18H19F3N4O2/c1-11(16(26)25-7-6-17(9-25)4-5-17)24-15-13-3-2-12(27-18(19,20)21)8-14(13)22-10-23-15/h2-3,8,10-11H,4-7,9H2,1H3,(H,22,23,24)/t11-/m1/s1. The zero-order valence-corrected chi connectivity index (χ0v) is 14.7. The molecule has 1 spiro atoms. The Balaban J connectivity index is 1.50. The number of amides is 1. The van der Waals surface area contributed by atoms with E-state index >= 15 is 0 Å². The summed E-state index contributed by atoms with van der Waals surface area (Å²) in [6, 6.07) is 3.35. The minimum atomic E-state index is -4.77. The highest BCUT2D eigenvalue weighted by molar-refractivity contribution is 5.92. The summed E-state index contributed by atoms with van der Waals surface area (Å²) in [6.07, 6.45) is -0.0789. The highest BCUT2D eigenvalue weighted by atomic mass is 19.4. The molecule has 0 unspecified atom stereocenters. The molecule has 27 heavy (non-hydrogen) atoms. The van der Waals surface area contributed by atoms with Gasteiger partial charge in [0.15, 0.2) is 0 Å². The van der Waals surface area contributed by atoms with Gasteiger partial charge in [0.1, 0.15) is 23.9 Å². The maximum atomic E-state index is 12.7. The maximum Gasteiger partial charge on any atom is 0.573 e. The van der Waals surface area contributed by atoms with Gasteiger partial charge in [-0.15, -0.1) is 13.2 Å². The third kappa shape index (κ3) is 3.77. The number of fused-ring (bicyclic) bond motifs is 1. The minimum absolute atomic E-state index is 0.00237. The van der Waals surface area contributed by atoms with E-state index in [0.717, 1.165) is 19.5 Å². The normalized spacial score (nSPS) is 19.3. The number of alkyl halides is 3. The van der Waals surface area contributed by atoms with E-state index in [0.29, 0.717) is 22.1 Å². The Bertz CT molecular complexity index is 883. The first-order valence-corrected chi connectivity index (χ1v) is 8.81. The number of hydrogen-bond acceptors (Lipinski definition) is 5. The molecule has 2 fully saturated rings. The molecule has 2 heterocycles. The van der Waals surface area contributed by atoms with E-state index in [1.165, 1.54) is 37.4 Å². The molecule has 1 N–H and O–H groups in total. The van der Waals surface area contributed by atoms with Crippen molar-refractivity contribution in [3.63, 3.8) is 0 Å². The fourth-order valence-corrected chi connectivity index (χ4v) is 3.60. The summed E-state index contributed by atoms with van der Waals surface area (Å²) in [5.41, 5.74) is 0.651. The SMILES string of the molecule is C[C@@H](Nc1ncnc2cc(OC(F)(F)F)ccc12)C(=O)N1CCC2(CC2)C1. The topological polar surface area (TPSA) is 67.4 Å². The number of ether oxygens (including phenoxy) is 1. The molecule has 1 saturated heterocycles. The first-order valence-electron chi connectivity index (χ1n) is 8.81. The molecule has 0 bridgehead atoms. The smallest absolute Gasteiger partial charge is 0.406 e. The number of carbonyl (C=O) groups excluding carboxylic acids is 1. The highest BCUT2D eigenvalue weighted by Gasteiger charge is 2.49. The number of carbonyl (C=O) groups is 1. The number of nitrogens with zero attached hydrogens (tertiary/aromatic N) is 3. The second-order valence-corrected chi connectivity index (χ2v) is 7.32. The largest absolute Gasteiger partial charge is 0.573 e. The van der Waals surface area contributed by atoms with Crippen LogP contribution < -0.4 is 10.1 Å². The monoisotopic (exact) mass is 380 g/mol. The molecule has 0 radical (unpaired) electrons. The molecular weight excluding hydrogens is 361 g/mol. The second-order valence-electron chi connectivity index (χ2n) is 7.32. The lowest BCUT2D eigenvalue weighted by molar-refractivity contribution is -0.274. The Morgan fingerprint density at radius 2 is 2.07 bits per heavy atom. The minimum Gasteiger partial charge on any atom is -0.406 e. The van der Waals surface area contributed by atoms with Gasteiger partial charge in [0.2, 0.25) is 5.91 Å². The Kier molecular flexibility index (Phi) is 4.12. The summed E-state index contributed by atoms with van der Waals surface area (Å²) in [5.74, 6) is 0.0536. The number of anilines is 1. The van der Waals surface area contributed by atoms with Gasteiger partial charge in [0.05, 0.1) is 5.52 Å². The zero-order chi connectivity index (χ0) is 19.2. The van der Waals surface area contributed by atoms with Gasteiger partial charge in [-0.05, 0) is 43.7 Å². The van der Waals surface area contributed by atoms with E-state index in [4.69, 9.17) is 0 Å². The van der Waals surface area contributed by atoms with Crippen molar-refractivity contribution < 1.29 is 22.7 Å². The van der Waals surface area contributed by atoms with E-state index in [9.17, 15) is 18.0 Å². The average Bonchev–Trinajstić information content (AvgIpc) is 3.22. The van der Waals surface area contributed by atoms with Gasteiger partial charge >= 0.3 is 6.36 Å². The summed E-state index contributed by atoms with van der Waals surface area (Å²) in [5, 5.41) is 3.59. The van der Waals surface area contributed by atoms with Crippen LogP contribution in [-0.2, 0) is 4.79 Å². The van der Waals surface area contributed by atoms with Crippen LogP contribution >= 0.6 is 0 Å². The predicted molar refractivity (Wildman–Crippen MR) is 92.2 cm³/mol. The average molecular weight is 380 g/mol. The molecule has 4 rings (SSSR count). The number of aromatic nitrogens is 2. The number of likely N-dealkylation sites (tertiary alicyclic amines) is 1. The van der Waals surface area contributed by atoms with Crippen molar-refractivity contribution in [2.75, 3.05) is 18.4 Å². The van der Waals surface area contributed by atoms with Crippen molar-refractivity contribution >= 4 is 22.6 Å². The van der Waals surface area contributed by atoms with Gasteiger partial charge in [0.25, 0.3) is 0 Å². The number of benzene rings is 1. The van der Waals surface area contributed by atoms with Gasteiger partial charge in [-0.1, -0.05) is 0 Å². The first-order chi connectivity index (χ1) is 12.7. The van der Waals surface area contributed by atoms with Crippen LogP contribution in [0.4, 0.5) is 19.0 Å². The molecule has 1 aromatic heterocycles. The second kappa shape index (κ2) is 6.24. The van der Waals surface area contributed by atoms with Crippen molar-refractivity contribution in [1.29, 1.82) is 0 Å². The van der Waals surface area contributed by atoms with E-state index < -0.39 is 12.4 Å². The molecule has 1 atom stereocenters. The third-order valence-corrected chi connectivity index (χ3v) is 5.27. The van der Waals surface area contributed by atoms with E-state index in [2.05, 4.69) is 20.0 Å². The predicted octanol–water partition coefficient (Wildman–Crippen LogP) is 3.34. The molecular formula is C18H19F3N4O2. The van der Waals surface area contributed by atoms with Crippen molar-refractivity contribution in [3.05, 3.63) is 24.5 Å². The van der Waals surface area contributed by atoms with Crippen molar-refractivity contribution in [2.45, 2.75) is 38.6 Å². The Hall–Kier alpha value is -2.58. The molecule has 2 aromatic rings. The molecule has 1 amide bonds. The Labute approximate surface area is 153 Å². The van der Waals surface area contributed by atoms with Crippen LogP contribution in [0.3, 0.4) is 0 Å². The van der Waals surface area contributed by atoms with Gasteiger partial charge in [-0.25, -0.2) is 9.97 Å². The van der Waals surface area contributed by atoms with Crippen LogP contribution in [-0.4, -0.2) is 46.3 Å². The van der Waals surface area contributed by atoms with Crippen LogP contribution in [0.2, 0.25) is 0 Å². The number of nitrogens with one attached hydrogen (secondary N) is 1. The number of hydrogen-bond donors (Lipinski definition) is 1. The van der Waals surface area contributed by atoms with Gasteiger partial charge in [0, 0.05) is 24.5 Å². The van der Waals surface area contributed by atoms with E-state index in [1.807, 2.05) is 4.90 Å². The quantitative estimate of drug-likeness (QED) is 0.881. The summed E-state index contributed by atoms with van der Waals surface area (Å²) in [6.45, 7) is 3.34. The van der Waals surface area contributed by atoms with Gasteiger partial charge < -0.3 is 15.0 Å². The molecule has 1 saturated carbocycles. The fraction of sp³-hybridized carbons (Fsp3) is 0.500. The molecule has 6 nitrogen and oxygen atoms in total. The molecule has 144 valence electrons. The Morgan fingerprint density at radius 3 is 2.74 bits per heavy atom. The molecule has 9 heteroatoms. The van der Waals surface area contributed by atoms with Crippen LogP contribution in [0.1, 0.15) is 26.2 Å². The molecule has 1 aromatic carbocycles. The van der Waals surface area contributed by atoms with Crippen molar-refractivity contribution in [2.24, 2.45) is 5.41 Å². The summed E-state index contributed by atoms with van der Waals surface area (Å²) in [7, 11) is 0. The van der Waals surface area contributed by atoms with Crippen LogP contribution in [0, 0.1) is 5.41 Å². The molecule has 1 aliphatic carbocycles. The number of halogens is 3. The van der Waals surface area contributed by atoms with Crippen LogP contribution in [0.25, 0.3) is 10.9 Å². The summed E-state index contributed by atoms with van der Waals surface area (Å²) >= 11 is 0. The summed E-state index contributed by atoms with van der Waals surface area (Å²) < 4.78 is 41.1.